The molecule has 2 saturated heterocycles. The highest BCUT2D eigenvalue weighted by Crippen LogP contribution is 2.37. The Morgan fingerprint density at radius 3 is 2.70 bits per heavy atom. The van der Waals surface area contributed by atoms with Gasteiger partial charge in [-0.15, -0.1) is 0 Å². The number of aryl methyl sites for hydroxylation is 1. The third-order valence-electron chi connectivity index (χ3n) is 8.27. The molecule has 11 nitrogen and oxygen atoms in total. The SMILES string of the molecule is Cn1cc(-c2ccc3c(c2)OCCC2(CCN(Cc4cccnc4)CC2)NC(=O)[C@@H]2C[C@@H](O)CN2S3(=O)=O)cn1. The second kappa shape index (κ2) is 10.6. The van der Waals surface area contributed by atoms with Gasteiger partial charge in [0.2, 0.25) is 15.9 Å². The van der Waals surface area contributed by atoms with Crippen LogP contribution in [0.2, 0.25) is 0 Å². The Balaban J connectivity index is 1.31. The van der Waals surface area contributed by atoms with Crippen LogP contribution in [0, 0.1) is 0 Å². The van der Waals surface area contributed by atoms with Crippen LogP contribution in [0.25, 0.3) is 11.1 Å². The number of aliphatic hydroxyl groups excluding tert-OH is 1. The Hall–Kier alpha value is -3.32. The molecule has 1 amide bonds. The van der Waals surface area contributed by atoms with Gasteiger partial charge in [0.1, 0.15) is 16.7 Å². The number of benzene rings is 1. The van der Waals surface area contributed by atoms with E-state index >= 15 is 0 Å². The second-order valence-electron chi connectivity index (χ2n) is 11.0. The van der Waals surface area contributed by atoms with Crippen molar-refractivity contribution < 1.29 is 23.1 Å². The van der Waals surface area contributed by atoms with Gasteiger partial charge in [-0.1, -0.05) is 12.1 Å². The average molecular weight is 567 g/mol. The van der Waals surface area contributed by atoms with Crippen molar-refractivity contribution in [2.45, 2.75) is 54.8 Å². The molecule has 3 aliphatic rings. The van der Waals surface area contributed by atoms with Gasteiger partial charge >= 0.3 is 0 Å². The van der Waals surface area contributed by atoms with Gasteiger partial charge in [-0.05, 0) is 42.2 Å². The third kappa shape index (κ3) is 5.24. The van der Waals surface area contributed by atoms with Gasteiger partial charge in [-0.3, -0.25) is 19.4 Å². The van der Waals surface area contributed by atoms with E-state index in [1.165, 1.54) is 6.07 Å². The summed E-state index contributed by atoms with van der Waals surface area (Å²) >= 11 is 0. The van der Waals surface area contributed by atoms with Crippen LogP contribution in [0.4, 0.5) is 0 Å². The van der Waals surface area contributed by atoms with Crippen molar-refractivity contribution in [1.29, 1.82) is 0 Å². The van der Waals surface area contributed by atoms with Gasteiger partial charge < -0.3 is 15.2 Å². The summed E-state index contributed by atoms with van der Waals surface area (Å²) in [5.41, 5.74) is 2.21. The van der Waals surface area contributed by atoms with Gasteiger partial charge in [-0.25, -0.2) is 8.42 Å². The highest BCUT2D eigenvalue weighted by Gasteiger charge is 2.47. The summed E-state index contributed by atoms with van der Waals surface area (Å²) in [6.07, 6.45) is 8.25. The molecule has 2 N–H and O–H groups in total. The maximum Gasteiger partial charge on any atom is 0.247 e. The topological polar surface area (TPSA) is 130 Å². The third-order valence-corrected chi connectivity index (χ3v) is 10.2. The molecule has 0 bridgehead atoms. The lowest BCUT2D eigenvalue weighted by Gasteiger charge is -2.43. The number of aromatic nitrogens is 3. The van der Waals surface area contributed by atoms with Crippen molar-refractivity contribution >= 4 is 15.9 Å². The number of rotatable bonds is 3. The highest BCUT2D eigenvalue weighted by molar-refractivity contribution is 7.89. The lowest BCUT2D eigenvalue weighted by Crippen LogP contribution is -2.59. The molecular formula is C28H34N6O5S. The number of aliphatic hydroxyl groups is 1. The Bertz CT molecular complexity index is 1490. The number of carbonyl (C=O) groups is 1. The molecule has 0 radical (unpaired) electrons. The van der Waals surface area contributed by atoms with E-state index in [2.05, 4.69) is 26.4 Å². The number of pyridine rings is 1. The van der Waals surface area contributed by atoms with Crippen LogP contribution in [0.1, 0.15) is 31.2 Å². The number of hydrogen-bond acceptors (Lipinski definition) is 8. The van der Waals surface area contributed by atoms with Crippen LogP contribution < -0.4 is 10.1 Å². The summed E-state index contributed by atoms with van der Waals surface area (Å²) in [5, 5.41) is 17.9. The maximum atomic E-state index is 13.9. The Morgan fingerprint density at radius 2 is 1.98 bits per heavy atom. The first kappa shape index (κ1) is 26.9. The Kier molecular flexibility index (Phi) is 7.11. The van der Waals surface area contributed by atoms with E-state index in [4.69, 9.17) is 4.74 Å². The Labute approximate surface area is 233 Å². The molecule has 40 heavy (non-hydrogen) atoms. The smallest absolute Gasteiger partial charge is 0.247 e. The summed E-state index contributed by atoms with van der Waals surface area (Å²) in [6, 6.07) is 7.96. The number of hydrogen-bond donors (Lipinski definition) is 2. The van der Waals surface area contributed by atoms with Crippen LogP contribution in [0.5, 0.6) is 5.75 Å². The molecule has 3 aromatic rings. The predicted molar refractivity (Wildman–Crippen MR) is 147 cm³/mol. The first-order valence-corrected chi connectivity index (χ1v) is 15.1. The van der Waals surface area contributed by atoms with Crippen molar-refractivity contribution in [3.05, 3.63) is 60.7 Å². The van der Waals surface area contributed by atoms with Crippen LogP contribution >= 0.6 is 0 Å². The van der Waals surface area contributed by atoms with Gasteiger partial charge in [-0.2, -0.15) is 9.40 Å². The number of nitrogens with zero attached hydrogens (tertiary/aromatic N) is 5. The monoisotopic (exact) mass is 566 g/mol. The number of sulfonamides is 1. The summed E-state index contributed by atoms with van der Waals surface area (Å²) < 4.78 is 36.8. The van der Waals surface area contributed by atoms with Crippen LogP contribution in [0.3, 0.4) is 0 Å². The number of likely N-dealkylation sites (tertiary alicyclic amines) is 1. The molecule has 212 valence electrons. The highest BCUT2D eigenvalue weighted by atomic mass is 32.2. The number of piperidine rings is 1. The van der Waals surface area contributed by atoms with Crippen LogP contribution in [0.15, 0.2) is 60.0 Å². The molecular weight excluding hydrogens is 532 g/mol. The van der Waals surface area contributed by atoms with E-state index < -0.39 is 27.7 Å². The first-order valence-electron chi connectivity index (χ1n) is 13.6. The molecule has 12 heteroatoms. The maximum absolute atomic E-state index is 13.9. The molecule has 0 unspecified atom stereocenters. The quantitative estimate of drug-likeness (QED) is 0.489. The van der Waals surface area contributed by atoms with E-state index in [-0.39, 0.29) is 36.1 Å². The van der Waals surface area contributed by atoms with E-state index in [0.717, 1.165) is 40.6 Å². The molecule has 2 fully saturated rings. The van der Waals surface area contributed by atoms with Crippen molar-refractivity contribution in [2.75, 3.05) is 26.2 Å². The molecule has 1 spiro atoms. The van der Waals surface area contributed by atoms with Crippen molar-refractivity contribution in [3.63, 3.8) is 0 Å². The summed E-state index contributed by atoms with van der Waals surface area (Å²) in [5.74, 6) is -0.128. The second-order valence-corrected chi connectivity index (χ2v) is 12.9. The molecule has 1 aromatic carbocycles. The first-order chi connectivity index (χ1) is 19.2. The lowest BCUT2D eigenvalue weighted by molar-refractivity contribution is -0.127. The van der Waals surface area contributed by atoms with E-state index in [1.54, 1.807) is 29.2 Å². The molecule has 3 aliphatic heterocycles. The molecule has 2 atom stereocenters. The number of carbonyl (C=O) groups excluding carboxylic acids is 1. The van der Waals surface area contributed by atoms with Crippen molar-refractivity contribution in [2.24, 2.45) is 7.05 Å². The number of fused-ring (bicyclic) bond motifs is 2. The van der Waals surface area contributed by atoms with E-state index in [0.29, 0.717) is 19.3 Å². The zero-order valence-electron chi connectivity index (χ0n) is 22.4. The number of ether oxygens (including phenoxy) is 1. The molecule has 5 heterocycles. The minimum atomic E-state index is -4.13. The predicted octanol–water partition coefficient (Wildman–Crippen LogP) is 1.54. The summed E-state index contributed by atoms with van der Waals surface area (Å²) in [7, 11) is -2.31. The normalized spacial score (nSPS) is 24.9. The number of nitrogens with one attached hydrogen (secondary N) is 1. The minimum Gasteiger partial charge on any atom is -0.492 e. The molecule has 0 aliphatic carbocycles. The van der Waals surface area contributed by atoms with Crippen molar-refractivity contribution in [3.8, 4) is 16.9 Å². The van der Waals surface area contributed by atoms with E-state index in [1.807, 2.05) is 25.5 Å². The van der Waals surface area contributed by atoms with Gasteiger partial charge in [0.25, 0.3) is 0 Å². The largest absolute Gasteiger partial charge is 0.492 e. The average Bonchev–Trinajstić information content (AvgIpc) is 3.56. The van der Waals surface area contributed by atoms with Gasteiger partial charge in [0, 0.05) is 75.8 Å². The Morgan fingerprint density at radius 1 is 1.15 bits per heavy atom. The number of amides is 1. The van der Waals surface area contributed by atoms with Gasteiger partial charge in [0.15, 0.2) is 0 Å². The summed E-state index contributed by atoms with van der Waals surface area (Å²) in [6.45, 7) is 2.42. The molecule has 0 saturated carbocycles. The zero-order valence-corrected chi connectivity index (χ0v) is 23.3. The molecule has 6 rings (SSSR count). The standard InChI is InChI=1S/C28H34N6O5S/c1-32-18-22(16-30-32)21-4-5-26-25(13-21)39-12-8-28(6-10-33(11-7-28)17-20-3-2-9-29-15-20)31-27(36)24-14-23(35)19-34(24)40(26,37)38/h2-5,9,13,15-16,18,23-24,35H,6-8,10-12,14,17,19H2,1H3,(H,31,36)/t23-,24+/m1/s1. The summed E-state index contributed by atoms with van der Waals surface area (Å²) in [4.78, 5) is 20.2. The van der Waals surface area contributed by atoms with Crippen LogP contribution in [-0.4, -0.2) is 87.3 Å². The van der Waals surface area contributed by atoms with Crippen LogP contribution in [-0.2, 0) is 28.4 Å². The van der Waals surface area contributed by atoms with E-state index in [9.17, 15) is 18.3 Å². The van der Waals surface area contributed by atoms with Crippen molar-refractivity contribution in [1.82, 2.24) is 29.3 Å². The minimum absolute atomic E-state index is 0.00530. The fourth-order valence-corrected chi connectivity index (χ4v) is 7.78. The zero-order chi connectivity index (χ0) is 27.9. The van der Waals surface area contributed by atoms with Gasteiger partial charge in [0.05, 0.1) is 18.9 Å². The fraction of sp³-hybridized carbons (Fsp3) is 0.464. The fourth-order valence-electron chi connectivity index (χ4n) is 6.03. The lowest BCUT2D eigenvalue weighted by atomic mass is 9.84. The molecule has 2 aromatic heterocycles.